The van der Waals surface area contributed by atoms with Gasteiger partial charge < -0.3 is 4.90 Å². The highest BCUT2D eigenvalue weighted by atomic mass is 79.9. The molecule has 1 saturated heterocycles. The summed E-state index contributed by atoms with van der Waals surface area (Å²) in [5.74, 6) is 0.697. The van der Waals surface area contributed by atoms with Gasteiger partial charge >= 0.3 is 0 Å². The van der Waals surface area contributed by atoms with E-state index in [1.807, 2.05) is 6.07 Å². The van der Waals surface area contributed by atoms with E-state index in [0.717, 1.165) is 24.9 Å². The number of rotatable bonds is 3. The Morgan fingerprint density at radius 2 is 2.20 bits per heavy atom. The van der Waals surface area contributed by atoms with Crippen LogP contribution >= 0.6 is 15.9 Å². The largest absolute Gasteiger partial charge is 0.338 e. The fourth-order valence-electron chi connectivity index (χ4n) is 2.36. The lowest BCUT2D eigenvalue weighted by Crippen LogP contribution is -2.29. The molecule has 1 amide bonds. The van der Waals surface area contributed by atoms with Crippen LogP contribution in [0.15, 0.2) is 22.7 Å². The van der Waals surface area contributed by atoms with Crippen molar-refractivity contribution >= 4 is 27.5 Å². The molecular formula is C14H17BrN2O3. The summed E-state index contributed by atoms with van der Waals surface area (Å²) < 4.78 is 0.460. The highest BCUT2D eigenvalue weighted by Crippen LogP contribution is 2.27. The maximum atomic E-state index is 12.0. The van der Waals surface area contributed by atoms with Crippen LogP contribution in [-0.4, -0.2) is 22.3 Å². The number of nitrogens with zero attached hydrogens (tertiary/aromatic N) is 2. The molecule has 0 aliphatic carbocycles. The van der Waals surface area contributed by atoms with E-state index in [1.54, 1.807) is 11.0 Å². The summed E-state index contributed by atoms with van der Waals surface area (Å²) in [5, 5.41) is 10.9. The van der Waals surface area contributed by atoms with Crippen LogP contribution in [0, 0.1) is 16.0 Å². The molecule has 0 spiro atoms. The Morgan fingerprint density at radius 1 is 1.45 bits per heavy atom. The SMILES string of the molecule is CC1CCC(=O)N(Cc2ccc(Br)c([N+](=O)[O-])c2)CC1. The summed E-state index contributed by atoms with van der Waals surface area (Å²) in [6.45, 7) is 3.32. The summed E-state index contributed by atoms with van der Waals surface area (Å²) in [5.41, 5.74) is 0.834. The van der Waals surface area contributed by atoms with E-state index in [2.05, 4.69) is 22.9 Å². The molecule has 1 aromatic rings. The van der Waals surface area contributed by atoms with Crippen LogP contribution in [0.3, 0.4) is 0 Å². The molecule has 1 aliphatic rings. The highest BCUT2D eigenvalue weighted by molar-refractivity contribution is 9.10. The number of hydrogen-bond donors (Lipinski definition) is 0. The second kappa shape index (κ2) is 6.35. The average Bonchev–Trinajstić information content (AvgIpc) is 2.56. The van der Waals surface area contributed by atoms with E-state index in [-0.39, 0.29) is 11.6 Å². The van der Waals surface area contributed by atoms with Crippen LogP contribution in [0.2, 0.25) is 0 Å². The normalized spacial score (nSPS) is 19.8. The first-order valence-electron chi connectivity index (χ1n) is 6.68. The van der Waals surface area contributed by atoms with Crippen molar-refractivity contribution in [1.29, 1.82) is 0 Å². The van der Waals surface area contributed by atoms with E-state index in [9.17, 15) is 14.9 Å². The highest BCUT2D eigenvalue weighted by Gasteiger charge is 2.21. The Morgan fingerprint density at radius 3 is 2.90 bits per heavy atom. The topological polar surface area (TPSA) is 63.5 Å². The van der Waals surface area contributed by atoms with E-state index >= 15 is 0 Å². The van der Waals surface area contributed by atoms with Crippen molar-refractivity contribution in [2.45, 2.75) is 32.7 Å². The summed E-state index contributed by atoms with van der Waals surface area (Å²) in [6.07, 6.45) is 2.49. The Hall–Kier alpha value is -1.43. The van der Waals surface area contributed by atoms with Crippen LogP contribution in [0.4, 0.5) is 5.69 Å². The van der Waals surface area contributed by atoms with Gasteiger partial charge in [-0.15, -0.1) is 0 Å². The Bertz CT molecular complexity index is 533. The van der Waals surface area contributed by atoms with Gasteiger partial charge in [-0.25, -0.2) is 0 Å². The number of hydrogen-bond acceptors (Lipinski definition) is 3. The molecule has 0 aromatic heterocycles. The molecule has 20 heavy (non-hydrogen) atoms. The molecule has 2 rings (SSSR count). The maximum Gasteiger partial charge on any atom is 0.283 e. The second-order valence-corrected chi connectivity index (χ2v) is 6.15. The lowest BCUT2D eigenvalue weighted by Gasteiger charge is -2.20. The number of carbonyl (C=O) groups is 1. The van der Waals surface area contributed by atoms with Crippen molar-refractivity contribution in [1.82, 2.24) is 4.90 Å². The summed E-state index contributed by atoms with van der Waals surface area (Å²) >= 11 is 3.17. The molecule has 0 bridgehead atoms. The third-order valence-electron chi connectivity index (χ3n) is 3.68. The number of amides is 1. The molecule has 1 aliphatic heterocycles. The van der Waals surface area contributed by atoms with Gasteiger partial charge in [-0.05, 0) is 46.3 Å². The minimum Gasteiger partial charge on any atom is -0.338 e. The summed E-state index contributed by atoms with van der Waals surface area (Å²) in [4.78, 5) is 24.3. The second-order valence-electron chi connectivity index (χ2n) is 5.29. The van der Waals surface area contributed by atoms with Crippen LogP contribution in [-0.2, 0) is 11.3 Å². The molecule has 1 unspecified atom stereocenters. The summed E-state index contributed by atoms with van der Waals surface area (Å²) in [7, 11) is 0. The fourth-order valence-corrected chi connectivity index (χ4v) is 2.75. The molecule has 0 saturated carbocycles. The molecule has 108 valence electrons. The van der Waals surface area contributed by atoms with Crippen molar-refractivity contribution in [2.75, 3.05) is 6.54 Å². The first kappa shape index (κ1) is 15.0. The van der Waals surface area contributed by atoms with Crippen LogP contribution in [0.5, 0.6) is 0 Å². The fraction of sp³-hybridized carbons (Fsp3) is 0.500. The Kier molecular flexibility index (Phi) is 4.75. The molecule has 6 heteroatoms. The lowest BCUT2D eigenvalue weighted by molar-refractivity contribution is -0.385. The summed E-state index contributed by atoms with van der Waals surface area (Å²) in [6, 6.07) is 5.02. The lowest BCUT2D eigenvalue weighted by atomic mass is 10.0. The zero-order valence-electron chi connectivity index (χ0n) is 11.3. The van der Waals surface area contributed by atoms with Crippen LogP contribution in [0.25, 0.3) is 0 Å². The number of benzene rings is 1. The predicted molar refractivity (Wildman–Crippen MR) is 79.2 cm³/mol. The Balaban J connectivity index is 2.14. The van der Waals surface area contributed by atoms with Gasteiger partial charge in [0, 0.05) is 25.6 Å². The van der Waals surface area contributed by atoms with Crippen molar-refractivity contribution in [3.63, 3.8) is 0 Å². The van der Waals surface area contributed by atoms with E-state index in [0.29, 0.717) is 23.4 Å². The number of nitro benzene ring substituents is 1. The van der Waals surface area contributed by atoms with E-state index in [4.69, 9.17) is 0 Å². The molecular weight excluding hydrogens is 324 g/mol. The number of likely N-dealkylation sites (tertiary alicyclic amines) is 1. The predicted octanol–water partition coefficient (Wildman–Crippen LogP) is 3.51. The number of halogens is 1. The quantitative estimate of drug-likeness (QED) is 0.624. The molecule has 0 radical (unpaired) electrons. The molecule has 5 nitrogen and oxygen atoms in total. The van der Waals surface area contributed by atoms with E-state index < -0.39 is 4.92 Å². The molecule has 1 heterocycles. The van der Waals surface area contributed by atoms with Gasteiger partial charge in [0.1, 0.15) is 0 Å². The minimum atomic E-state index is -0.417. The molecule has 1 fully saturated rings. The van der Waals surface area contributed by atoms with Gasteiger partial charge in [-0.1, -0.05) is 13.0 Å². The van der Waals surface area contributed by atoms with Crippen molar-refractivity contribution in [2.24, 2.45) is 5.92 Å². The van der Waals surface area contributed by atoms with Gasteiger partial charge in [0.2, 0.25) is 5.91 Å². The van der Waals surface area contributed by atoms with Crippen LogP contribution in [0.1, 0.15) is 31.7 Å². The van der Waals surface area contributed by atoms with Crippen molar-refractivity contribution in [3.05, 3.63) is 38.3 Å². The smallest absolute Gasteiger partial charge is 0.283 e. The maximum absolute atomic E-state index is 12.0. The first-order chi connectivity index (χ1) is 9.47. The number of nitro groups is 1. The first-order valence-corrected chi connectivity index (χ1v) is 7.47. The molecule has 0 N–H and O–H groups in total. The van der Waals surface area contributed by atoms with Gasteiger partial charge in [0.25, 0.3) is 5.69 Å². The molecule has 1 atom stereocenters. The van der Waals surface area contributed by atoms with Gasteiger partial charge in [-0.2, -0.15) is 0 Å². The van der Waals surface area contributed by atoms with Gasteiger partial charge in [0.15, 0.2) is 0 Å². The average molecular weight is 341 g/mol. The third-order valence-corrected chi connectivity index (χ3v) is 4.35. The monoisotopic (exact) mass is 340 g/mol. The van der Waals surface area contributed by atoms with Gasteiger partial charge in [0.05, 0.1) is 9.40 Å². The third kappa shape index (κ3) is 3.56. The van der Waals surface area contributed by atoms with E-state index in [1.165, 1.54) is 6.07 Å². The van der Waals surface area contributed by atoms with Crippen LogP contribution < -0.4 is 0 Å². The minimum absolute atomic E-state index is 0.0399. The number of carbonyl (C=O) groups excluding carboxylic acids is 1. The van der Waals surface area contributed by atoms with Crippen molar-refractivity contribution in [3.8, 4) is 0 Å². The van der Waals surface area contributed by atoms with Crippen molar-refractivity contribution < 1.29 is 9.72 Å². The van der Waals surface area contributed by atoms with Gasteiger partial charge in [-0.3, -0.25) is 14.9 Å². The Labute approximate surface area is 126 Å². The zero-order chi connectivity index (χ0) is 14.7. The molecule has 1 aromatic carbocycles. The zero-order valence-corrected chi connectivity index (χ0v) is 12.9. The standard InChI is InChI=1S/C14H17BrN2O3/c1-10-2-5-14(18)16(7-6-10)9-11-3-4-12(15)13(8-11)17(19)20/h3-4,8,10H,2,5-7,9H2,1H3.